The molecule has 0 atom stereocenters. The molecule has 4 rings (SSSR count). The number of oxazole rings is 1. The van der Waals surface area contributed by atoms with Crippen molar-refractivity contribution >= 4 is 40.7 Å². The molecule has 0 N–H and O–H groups in total. The number of fused-ring (bicyclic) bond motifs is 1. The molecule has 1 heterocycles. The first-order chi connectivity index (χ1) is 13.2. The number of aromatic nitrogens is 1. The third-order valence-corrected chi connectivity index (χ3v) is 4.38. The van der Waals surface area contributed by atoms with Gasteiger partial charge in [0.15, 0.2) is 5.58 Å². The molecule has 0 radical (unpaired) electrons. The molecule has 0 saturated carbocycles. The van der Waals surface area contributed by atoms with E-state index < -0.39 is 0 Å². The number of halogens is 1. The molecular weight excluding hydrogens is 356 g/mol. The molecule has 0 fully saturated rings. The quantitative estimate of drug-likeness (QED) is 0.366. The summed E-state index contributed by atoms with van der Waals surface area (Å²) in [6.07, 6.45) is 5.65. The van der Waals surface area contributed by atoms with Crippen molar-refractivity contribution in [3.8, 4) is 11.5 Å². The Hall–Kier alpha value is -3.17. The fourth-order valence-electron chi connectivity index (χ4n) is 2.70. The monoisotopic (exact) mass is 372 g/mol. The van der Waals surface area contributed by atoms with E-state index in [1.165, 1.54) is 0 Å². The van der Waals surface area contributed by atoms with Crippen LogP contribution in [0.3, 0.4) is 0 Å². The predicted molar refractivity (Wildman–Crippen MR) is 113 cm³/mol. The number of allylic oxidation sites excluding steroid dienone is 1. The second-order valence-electron chi connectivity index (χ2n) is 6.23. The zero-order valence-electron chi connectivity index (χ0n) is 14.8. The Bertz CT molecular complexity index is 1120. The smallest absolute Gasteiger partial charge is 0.227 e. The van der Waals surface area contributed by atoms with Crippen molar-refractivity contribution in [2.45, 2.75) is 6.92 Å². The first-order valence-corrected chi connectivity index (χ1v) is 8.99. The molecule has 3 nitrogen and oxygen atoms in total. The maximum atomic E-state index is 5.88. The van der Waals surface area contributed by atoms with Gasteiger partial charge in [0.25, 0.3) is 0 Å². The lowest BCUT2D eigenvalue weighted by atomic mass is 10.2. The minimum Gasteiger partial charge on any atom is -0.436 e. The van der Waals surface area contributed by atoms with Gasteiger partial charge in [-0.05, 0) is 72.7 Å². The summed E-state index contributed by atoms with van der Waals surface area (Å²) in [7, 11) is 0. The zero-order chi connectivity index (χ0) is 18.6. The van der Waals surface area contributed by atoms with E-state index in [1.54, 1.807) is 6.21 Å². The van der Waals surface area contributed by atoms with E-state index in [0.29, 0.717) is 5.89 Å². The highest BCUT2D eigenvalue weighted by Gasteiger charge is 2.08. The third kappa shape index (κ3) is 4.15. The summed E-state index contributed by atoms with van der Waals surface area (Å²) in [6.45, 7) is 2.04. The first kappa shape index (κ1) is 17.3. The van der Waals surface area contributed by atoms with E-state index in [2.05, 4.69) is 9.98 Å². The maximum Gasteiger partial charge on any atom is 0.227 e. The number of rotatable bonds is 4. The SMILES string of the molecule is Cc1ccc2nc(-c3ccc(N=C/C=C/c4ccc(Cl)cc4)cc3)oc2c1. The molecule has 3 aromatic carbocycles. The molecule has 4 heteroatoms. The van der Waals surface area contributed by atoms with Crippen LogP contribution in [0.5, 0.6) is 0 Å². The lowest BCUT2D eigenvalue weighted by Gasteiger charge is -1.96. The summed E-state index contributed by atoms with van der Waals surface area (Å²) in [5.74, 6) is 0.619. The van der Waals surface area contributed by atoms with Crippen molar-refractivity contribution in [1.82, 2.24) is 4.98 Å². The lowest BCUT2D eigenvalue weighted by molar-refractivity contribution is 0.619. The predicted octanol–water partition coefficient (Wildman–Crippen LogP) is 6.87. The molecule has 4 aromatic rings. The van der Waals surface area contributed by atoms with Crippen LogP contribution < -0.4 is 0 Å². The number of hydrogen-bond donors (Lipinski definition) is 0. The molecule has 1 aromatic heterocycles. The fourth-order valence-corrected chi connectivity index (χ4v) is 2.83. The van der Waals surface area contributed by atoms with Gasteiger partial charge in [0.05, 0.1) is 5.69 Å². The van der Waals surface area contributed by atoms with Gasteiger partial charge < -0.3 is 4.42 Å². The molecule has 0 aliphatic carbocycles. The minimum atomic E-state index is 0.619. The van der Waals surface area contributed by atoms with Gasteiger partial charge in [0, 0.05) is 16.8 Å². The molecule has 0 bridgehead atoms. The molecule has 0 spiro atoms. The summed E-state index contributed by atoms with van der Waals surface area (Å²) in [5.41, 5.74) is 5.70. The Balaban J connectivity index is 1.47. The zero-order valence-corrected chi connectivity index (χ0v) is 15.5. The van der Waals surface area contributed by atoms with Gasteiger partial charge in [0.2, 0.25) is 5.89 Å². The third-order valence-electron chi connectivity index (χ3n) is 4.13. The van der Waals surface area contributed by atoms with Crippen LogP contribution in [-0.4, -0.2) is 11.2 Å². The van der Waals surface area contributed by atoms with E-state index in [0.717, 1.165) is 38.5 Å². The molecule has 0 saturated heterocycles. The number of nitrogens with zero attached hydrogens (tertiary/aromatic N) is 2. The Morgan fingerprint density at radius 1 is 0.963 bits per heavy atom. The summed E-state index contributed by atoms with van der Waals surface area (Å²) in [5, 5.41) is 0.731. The van der Waals surface area contributed by atoms with Gasteiger partial charge in [0.1, 0.15) is 5.52 Å². The van der Waals surface area contributed by atoms with Crippen LogP contribution in [0.25, 0.3) is 28.6 Å². The highest BCUT2D eigenvalue weighted by Crippen LogP contribution is 2.26. The highest BCUT2D eigenvalue weighted by atomic mass is 35.5. The van der Waals surface area contributed by atoms with Crippen LogP contribution in [0.1, 0.15) is 11.1 Å². The standard InChI is InChI=1S/C23H17ClN2O/c1-16-4-13-21-22(15-16)27-23(26-21)18-7-11-20(12-8-18)25-14-2-3-17-5-9-19(24)10-6-17/h2-15H,1H3/b3-2+,25-14?. The molecular formula is C23H17ClN2O. The second kappa shape index (κ2) is 7.60. The Morgan fingerprint density at radius 3 is 2.52 bits per heavy atom. The number of benzene rings is 3. The number of hydrogen-bond acceptors (Lipinski definition) is 3. The van der Waals surface area contributed by atoms with Crippen LogP contribution in [0.4, 0.5) is 5.69 Å². The van der Waals surface area contributed by atoms with E-state index in [1.807, 2.05) is 85.8 Å². The van der Waals surface area contributed by atoms with Crippen molar-refractivity contribution in [3.05, 3.63) is 89.0 Å². The van der Waals surface area contributed by atoms with Gasteiger partial charge in [-0.2, -0.15) is 0 Å². The molecule has 132 valence electrons. The van der Waals surface area contributed by atoms with Crippen LogP contribution in [-0.2, 0) is 0 Å². The van der Waals surface area contributed by atoms with Crippen LogP contribution >= 0.6 is 11.6 Å². The highest BCUT2D eigenvalue weighted by molar-refractivity contribution is 6.30. The topological polar surface area (TPSA) is 38.4 Å². The molecule has 0 amide bonds. The van der Waals surface area contributed by atoms with Gasteiger partial charge in [-0.1, -0.05) is 35.9 Å². The average molecular weight is 373 g/mol. The van der Waals surface area contributed by atoms with Crippen LogP contribution in [0, 0.1) is 6.92 Å². The van der Waals surface area contributed by atoms with E-state index >= 15 is 0 Å². The first-order valence-electron chi connectivity index (χ1n) is 8.61. The largest absolute Gasteiger partial charge is 0.436 e. The van der Waals surface area contributed by atoms with Gasteiger partial charge in [-0.3, -0.25) is 4.99 Å². The van der Waals surface area contributed by atoms with Crippen molar-refractivity contribution in [2.24, 2.45) is 4.99 Å². The Morgan fingerprint density at radius 2 is 1.74 bits per heavy atom. The Kier molecular flexibility index (Phi) is 4.86. The molecule has 0 aliphatic rings. The summed E-state index contributed by atoms with van der Waals surface area (Å²) >= 11 is 5.88. The van der Waals surface area contributed by atoms with Crippen molar-refractivity contribution in [1.29, 1.82) is 0 Å². The molecule has 27 heavy (non-hydrogen) atoms. The lowest BCUT2D eigenvalue weighted by Crippen LogP contribution is -1.76. The van der Waals surface area contributed by atoms with Crippen LogP contribution in [0.15, 0.2) is 82.2 Å². The van der Waals surface area contributed by atoms with E-state index in [4.69, 9.17) is 16.0 Å². The number of aliphatic imine (C=N–C) groups is 1. The van der Waals surface area contributed by atoms with Crippen molar-refractivity contribution in [3.63, 3.8) is 0 Å². The number of aryl methyl sites for hydroxylation is 1. The van der Waals surface area contributed by atoms with Crippen molar-refractivity contribution in [2.75, 3.05) is 0 Å². The van der Waals surface area contributed by atoms with E-state index in [-0.39, 0.29) is 0 Å². The van der Waals surface area contributed by atoms with Gasteiger partial charge in [-0.15, -0.1) is 0 Å². The molecule has 0 unspecified atom stereocenters. The second-order valence-corrected chi connectivity index (χ2v) is 6.66. The molecule has 0 aliphatic heterocycles. The average Bonchev–Trinajstić information content (AvgIpc) is 3.10. The fraction of sp³-hybridized carbons (Fsp3) is 0.0435. The van der Waals surface area contributed by atoms with E-state index in [9.17, 15) is 0 Å². The normalized spacial score (nSPS) is 11.8. The van der Waals surface area contributed by atoms with Gasteiger partial charge in [-0.25, -0.2) is 4.98 Å². The van der Waals surface area contributed by atoms with Crippen molar-refractivity contribution < 1.29 is 4.42 Å². The maximum absolute atomic E-state index is 5.88. The minimum absolute atomic E-state index is 0.619. The Labute approximate surface area is 162 Å². The summed E-state index contributed by atoms with van der Waals surface area (Å²) in [4.78, 5) is 8.98. The van der Waals surface area contributed by atoms with Crippen LogP contribution in [0.2, 0.25) is 5.02 Å². The summed E-state index contributed by atoms with van der Waals surface area (Å²) < 4.78 is 5.86. The van der Waals surface area contributed by atoms with Gasteiger partial charge >= 0.3 is 0 Å². The summed E-state index contributed by atoms with van der Waals surface area (Å²) in [6, 6.07) is 21.5.